The third-order valence-corrected chi connectivity index (χ3v) is 6.36. The van der Waals surface area contributed by atoms with Gasteiger partial charge in [0.25, 0.3) is 0 Å². The van der Waals surface area contributed by atoms with Crippen molar-refractivity contribution in [2.75, 3.05) is 19.1 Å². The average Bonchev–Trinajstić information content (AvgIpc) is 2.85. The number of benzene rings is 4. The fourth-order valence-corrected chi connectivity index (χ4v) is 4.83. The van der Waals surface area contributed by atoms with Gasteiger partial charge in [-0.15, -0.1) is 0 Å². The smallest absolute Gasteiger partial charge is 0.228 e. The van der Waals surface area contributed by atoms with Gasteiger partial charge >= 0.3 is 0 Å². The Morgan fingerprint density at radius 2 is 1.70 bits per heavy atom. The first-order chi connectivity index (χ1) is 16.1. The summed E-state index contributed by atoms with van der Waals surface area (Å²) in [5.74, 6) is 0.651. The van der Waals surface area contributed by atoms with E-state index in [0.717, 1.165) is 27.6 Å². The first-order valence-electron chi connectivity index (χ1n) is 10.9. The Morgan fingerprint density at radius 1 is 0.909 bits per heavy atom. The van der Waals surface area contributed by atoms with Crippen LogP contribution in [0, 0.1) is 5.82 Å². The van der Waals surface area contributed by atoms with Gasteiger partial charge in [0, 0.05) is 29.2 Å². The molecule has 1 amide bonds. The number of hydrogen-bond acceptors (Lipinski definition) is 3. The van der Waals surface area contributed by atoms with Crippen molar-refractivity contribution in [1.29, 1.82) is 0 Å². The Hall–Kier alpha value is -3.86. The summed E-state index contributed by atoms with van der Waals surface area (Å²) < 4.78 is 25.7. The lowest BCUT2D eigenvalue weighted by Gasteiger charge is -2.36. The van der Waals surface area contributed by atoms with Crippen molar-refractivity contribution in [3.05, 3.63) is 101 Å². The summed E-state index contributed by atoms with van der Waals surface area (Å²) in [6, 6.07) is 24.5. The van der Waals surface area contributed by atoms with Crippen LogP contribution in [0.1, 0.15) is 29.0 Å². The van der Waals surface area contributed by atoms with Gasteiger partial charge < -0.3 is 14.4 Å². The molecule has 0 bridgehead atoms. The summed E-state index contributed by atoms with van der Waals surface area (Å²) in [4.78, 5) is 15.2. The first-order valence-corrected chi connectivity index (χ1v) is 10.9. The quantitative estimate of drug-likeness (QED) is 0.378. The maximum absolute atomic E-state index is 14.5. The molecule has 4 aromatic rings. The molecule has 0 saturated carbocycles. The van der Waals surface area contributed by atoms with Gasteiger partial charge in [-0.3, -0.25) is 4.79 Å². The fraction of sp³-hybridized carbons (Fsp3) is 0.179. The van der Waals surface area contributed by atoms with Gasteiger partial charge in [-0.25, -0.2) is 4.39 Å². The number of nitrogens with zero attached hydrogens (tertiary/aromatic N) is 1. The van der Waals surface area contributed by atoms with Crippen molar-refractivity contribution < 1.29 is 18.7 Å². The standard InChI is InChI=1S/C28H24FNO3/c1-32-25-13-7-11-21(28(25)33-2)22-16-26(31)30(17-19-9-4-6-12-23(19)29)24-15-14-18-8-3-5-10-20(18)27(22)24/h3-15,22H,16-17H2,1-2H3. The van der Waals surface area contributed by atoms with Crippen molar-refractivity contribution in [2.24, 2.45) is 0 Å². The Morgan fingerprint density at radius 3 is 2.48 bits per heavy atom. The van der Waals surface area contributed by atoms with E-state index in [4.69, 9.17) is 9.47 Å². The largest absolute Gasteiger partial charge is 0.493 e. The van der Waals surface area contributed by atoms with Crippen LogP contribution < -0.4 is 14.4 Å². The van der Waals surface area contributed by atoms with Crippen molar-refractivity contribution in [3.63, 3.8) is 0 Å². The van der Waals surface area contributed by atoms with E-state index in [-0.39, 0.29) is 30.6 Å². The van der Waals surface area contributed by atoms with Crippen LogP contribution in [0.2, 0.25) is 0 Å². The van der Waals surface area contributed by atoms with E-state index in [1.807, 2.05) is 42.5 Å². The molecule has 0 spiro atoms. The molecule has 0 aliphatic carbocycles. The minimum atomic E-state index is -0.316. The molecule has 1 unspecified atom stereocenters. The summed E-state index contributed by atoms with van der Waals surface area (Å²) in [6.45, 7) is 0.179. The molecule has 1 aliphatic rings. The fourth-order valence-electron chi connectivity index (χ4n) is 4.83. The third kappa shape index (κ3) is 3.59. The number of para-hydroxylation sites is 1. The molecule has 1 atom stereocenters. The van der Waals surface area contributed by atoms with Gasteiger partial charge in [-0.1, -0.05) is 60.7 Å². The van der Waals surface area contributed by atoms with Crippen molar-refractivity contribution >= 4 is 22.4 Å². The summed E-state index contributed by atoms with van der Waals surface area (Å²) in [6.07, 6.45) is 0.249. The highest BCUT2D eigenvalue weighted by atomic mass is 19.1. The van der Waals surface area contributed by atoms with E-state index < -0.39 is 0 Å². The Bertz CT molecular complexity index is 1350. The van der Waals surface area contributed by atoms with Crippen LogP contribution in [-0.2, 0) is 11.3 Å². The van der Waals surface area contributed by atoms with E-state index in [1.165, 1.54) is 6.07 Å². The van der Waals surface area contributed by atoms with Gasteiger partial charge in [-0.2, -0.15) is 0 Å². The number of anilines is 1. The number of carbonyl (C=O) groups excluding carboxylic acids is 1. The maximum atomic E-state index is 14.5. The van der Waals surface area contributed by atoms with Crippen LogP contribution in [0.15, 0.2) is 78.9 Å². The Balaban J connectivity index is 1.72. The SMILES string of the molecule is COc1cccc(C2CC(=O)N(Cc3ccccc3F)c3ccc4ccccc4c32)c1OC. The average molecular weight is 442 g/mol. The second kappa shape index (κ2) is 8.58. The molecular formula is C28H24FNO3. The second-order valence-electron chi connectivity index (χ2n) is 8.13. The van der Waals surface area contributed by atoms with Crippen molar-refractivity contribution in [3.8, 4) is 11.5 Å². The molecular weight excluding hydrogens is 417 g/mol. The number of fused-ring (bicyclic) bond motifs is 3. The number of amides is 1. The lowest BCUT2D eigenvalue weighted by Crippen LogP contribution is -2.37. The Kier molecular flexibility index (Phi) is 5.47. The van der Waals surface area contributed by atoms with E-state index in [1.54, 1.807) is 37.3 Å². The highest BCUT2D eigenvalue weighted by molar-refractivity contribution is 6.03. The van der Waals surface area contributed by atoms with Crippen LogP contribution in [0.3, 0.4) is 0 Å². The molecule has 4 nitrogen and oxygen atoms in total. The molecule has 0 radical (unpaired) electrons. The molecule has 0 aromatic heterocycles. The molecule has 4 aromatic carbocycles. The maximum Gasteiger partial charge on any atom is 0.228 e. The number of halogens is 1. The van der Waals surface area contributed by atoms with Gasteiger partial charge in [0.15, 0.2) is 11.5 Å². The predicted molar refractivity (Wildman–Crippen MR) is 128 cm³/mol. The van der Waals surface area contributed by atoms with Gasteiger partial charge in [0.05, 0.1) is 20.8 Å². The predicted octanol–water partition coefficient (Wildman–Crippen LogP) is 6.06. The second-order valence-corrected chi connectivity index (χ2v) is 8.13. The van der Waals surface area contributed by atoms with Crippen molar-refractivity contribution in [2.45, 2.75) is 18.9 Å². The van der Waals surface area contributed by atoms with Crippen LogP contribution in [0.25, 0.3) is 10.8 Å². The summed E-state index contributed by atoms with van der Waals surface area (Å²) in [7, 11) is 3.22. The molecule has 0 N–H and O–H groups in total. The van der Waals surface area contributed by atoms with Gasteiger partial charge in [0.1, 0.15) is 5.82 Å². The van der Waals surface area contributed by atoms with Crippen LogP contribution in [-0.4, -0.2) is 20.1 Å². The zero-order chi connectivity index (χ0) is 22.9. The summed E-state index contributed by atoms with van der Waals surface area (Å²) >= 11 is 0. The molecule has 5 rings (SSSR count). The number of rotatable bonds is 5. The highest BCUT2D eigenvalue weighted by Crippen LogP contribution is 2.48. The topological polar surface area (TPSA) is 38.8 Å². The van der Waals surface area contributed by atoms with Gasteiger partial charge in [-0.05, 0) is 34.5 Å². The molecule has 0 saturated heterocycles. The lowest BCUT2D eigenvalue weighted by molar-refractivity contribution is -0.119. The van der Waals surface area contributed by atoms with E-state index >= 15 is 0 Å². The van der Waals surface area contributed by atoms with Crippen molar-refractivity contribution in [1.82, 2.24) is 0 Å². The van der Waals surface area contributed by atoms with Crippen LogP contribution >= 0.6 is 0 Å². The number of carbonyl (C=O) groups is 1. The van der Waals surface area contributed by atoms with Crippen LogP contribution in [0.4, 0.5) is 10.1 Å². The monoisotopic (exact) mass is 441 g/mol. The molecule has 0 fully saturated rings. The molecule has 5 heteroatoms. The Labute approximate surface area is 192 Å². The highest BCUT2D eigenvalue weighted by Gasteiger charge is 2.35. The summed E-state index contributed by atoms with van der Waals surface area (Å²) in [5.41, 5.74) is 3.22. The van der Waals surface area contributed by atoms with Crippen LogP contribution in [0.5, 0.6) is 11.5 Å². The number of ether oxygens (including phenoxy) is 2. The molecule has 166 valence electrons. The zero-order valence-corrected chi connectivity index (χ0v) is 18.5. The minimum Gasteiger partial charge on any atom is -0.493 e. The number of hydrogen-bond donors (Lipinski definition) is 0. The van der Waals surface area contributed by atoms with E-state index in [9.17, 15) is 9.18 Å². The van der Waals surface area contributed by atoms with Gasteiger partial charge in [0.2, 0.25) is 5.91 Å². The van der Waals surface area contributed by atoms with E-state index in [2.05, 4.69) is 12.1 Å². The molecule has 1 heterocycles. The third-order valence-electron chi connectivity index (χ3n) is 6.36. The molecule has 1 aliphatic heterocycles. The zero-order valence-electron chi connectivity index (χ0n) is 18.5. The minimum absolute atomic E-state index is 0.0593. The summed E-state index contributed by atoms with van der Waals surface area (Å²) in [5, 5.41) is 2.15. The first kappa shape index (κ1) is 21.0. The lowest BCUT2D eigenvalue weighted by atomic mass is 9.80. The van der Waals surface area contributed by atoms with E-state index in [0.29, 0.717) is 17.1 Å². The normalized spacial score (nSPS) is 15.4. The molecule has 33 heavy (non-hydrogen) atoms. The number of methoxy groups -OCH3 is 2.